The summed E-state index contributed by atoms with van der Waals surface area (Å²) >= 11 is 0. The molecule has 0 saturated heterocycles. The Morgan fingerprint density at radius 1 is 1.16 bits per heavy atom. The molecule has 1 amide bonds. The molecular weight excluding hydrogens is 314 g/mol. The summed E-state index contributed by atoms with van der Waals surface area (Å²) in [4.78, 5) is 16.3. The van der Waals surface area contributed by atoms with E-state index < -0.39 is 0 Å². The fourth-order valence-corrected chi connectivity index (χ4v) is 2.44. The van der Waals surface area contributed by atoms with Crippen molar-refractivity contribution < 1.29 is 9.53 Å². The molecule has 0 bridgehead atoms. The Bertz CT molecular complexity index is 784. The molecule has 0 radical (unpaired) electrons. The molecule has 0 aliphatic carbocycles. The first-order chi connectivity index (χ1) is 12.2. The second-order valence-corrected chi connectivity index (χ2v) is 5.93. The van der Waals surface area contributed by atoms with Gasteiger partial charge in [-0.25, -0.2) is 4.98 Å². The largest absolute Gasteiger partial charge is 0.491 e. The van der Waals surface area contributed by atoms with Crippen molar-refractivity contribution in [1.82, 2.24) is 14.9 Å². The van der Waals surface area contributed by atoms with Crippen molar-refractivity contribution in [2.24, 2.45) is 0 Å². The molecular formula is C20H21N3O2. The topological polar surface area (TPSA) is 56.1 Å². The van der Waals surface area contributed by atoms with Crippen LogP contribution in [0.15, 0.2) is 73.3 Å². The van der Waals surface area contributed by atoms with Gasteiger partial charge in [0, 0.05) is 24.5 Å². The number of benzene rings is 2. The monoisotopic (exact) mass is 335 g/mol. The Labute approximate surface area is 147 Å². The van der Waals surface area contributed by atoms with Gasteiger partial charge in [-0.15, -0.1) is 0 Å². The number of carbonyl (C=O) groups is 1. The second kappa shape index (κ2) is 8.15. The predicted molar refractivity (Wildman–Crippen MR) is 96.6 cm³/mol. The average molecular weight is 335 g/mol. The van der Waals surface area contributed by atoms with E-state index in [-0.39, 0.29) is 11.9 Å². The van der Waals surface area contributed by atoms with E-state index in [2.05, 4.69) is 10.3 Å². The Kier molecular flexibility index (Phi) is 5.46. The fourth-order valence-electron chi connectivity index (χ4n) is 2.44. The lowest BCUT2D eigenvalue weighted by molar-refractivity contribution is 0.0926. The van der Waals surface area contributed by atoms with Crippen LogP contribution in [-0.4, -0.2) is 28.1 Å². The van der Waals surface area contributed by atoms with Gasteiger partial charge in [-0.3, -0.25) is 4.79 Å². The molecule has 5 nitrogen and oxygen atoms in total. The molecule has 0 aliphatic rings. The molecule has 0 aliphatic heterocycles. The van der Waals surface area contributed by atoms with Gasteiger partial charge >= 0.3 is 0 Å². The van der Waals surface area contributed by atoms with Gasteiger partial charge in [0.25, 0.3) is 5.91 Å². The third-order valence-corrected chi connectivity index (χ3v) is 3.76. The van der Waals surface area contributed by atoms with Crippen molar-refractivity contribution in [1.29, 1.82) is 0 Å². The fraction of sp³-hybridized carbons (Fsp3) is 0.200. The number of nitrogens with one attached hydrogen (secondary N) is 1. The zero-order valence-electron chi connectivity index (χ0n) is 14.1. The Hall–Kier alpha value is -3.08. The van der Waals surface area contributed by atoms with Crippen LogP contribution in [0.5, 0.6) is 5.75 Å². The molecule has 1 aromatic heterocycles. The van der Waals surface area contributed by atoms with Crippen molar-refractivity contribution in [2.45, 2.75) is 19.5 Å². The van der Waals surface area contributed by atoms with Crippen molar-refractivity contribution in [2.75, 3.05) is 6.61 Å². The molecule has 0 spiro atoms. The summed E-state index contributed by atoms with van der Waals surface area (Å²) in [7, 11) is 0. The van der Waals surface area contributed by atoms with Crippen LogP contribution in [0.25, 0.3) is 0 Å². The van der Waals surface area contributed by atoms with Crippen molar-refractivity contribution in [3.05, 3.63) is 84.4 Å². The minimum atomic E-state index is -0.0988. The maximum atomic E-state index is 12.3. The number of carbonyl (C=O) groups excluding carboxylic acids is 1. The predicted octanol–water partition coefficient (Wildman–Crippen LogP) is 3.13. The molecule has 0 fully saturated rings. The molecule has 25 heavy (non-hydrogen) atoms. The van der Waals surface area contributed by atoms with Gasteiger partial charge in [-0.1, -0.05) is 30.3 Å². The smallest absolute Gasteiger partial charge is 0.251 e. The number of aromatic nitrogens is 2. The number of hydrogen-bond acceptors (Lipinski definition) is 3. The van der Waals surface area contributed by atoms with Gasteiger partial charge in [0.1, 0.15) is 12.4 Å². The molecule has 2 aromatic carbocycles. The van der Waals surface area contributed by atoms with Crippen LogP contribution in [0.3, 0.4) is 0 Å². The van der Waals surface area contributed by atoms with Crippen LogP contribution in [0.4, 0.5) is 0 Å². The van der Waals surface area contributed by atoms with Crippen molar-refractivity contribution >= 4 is 5.91 Å². The van der Waals surface area contributed by atoms with E-state index in [4.69, 9.17) is 4.74 Å². The van der Waals surface area contributed by atoms with Gasteiger partial charge in [0.05, 0.1) is 12.4 Å². The minimum absolute atomic E-state index is 0.0849. The Balaban J connectivity index is 1.50. The van der Waals surface area contributed by atoms with Crippen LogP contribution in [-0.2, 0) is 6.54 Å². The van der Waals surface area contributed by atoms with E-state index in [0.29, 0.717) is 12.2 Å². The summed E-state index contributed by atoms with van der Waals surface area (Å²) in [6.45, 7) is 3.09. The molecule has 0 unspecified atom stereocenters. The number of hydrogen-bond donors (Lipinski definition) is 1. The quantitative estimate of drug-likeness (QED) is 0.722. The molecule has 3 rings (SSSR count). The molecule has 0 saturated carbocycles. The lowest BCUT2D eigenvalue weighted by Crippen LogP contribution is -2.36. The van der Waals surface area contributed by atoms with Crippen LogP contribution in [0.1, 0.15) is 22.8 Å². The highest BCUT2D eigenvalue weighted by atomic mass is 16.5. The van der Waals surface area contributed by atoms with Crippen molar-refractivity contribution in [3.8, 4) is 5.75 Å². The zero-order chi connectivity index (χ0) is 17.5. The average Bonchev–Trinajstić information content (AvgIpc) is 3.14. The summed E-state index contributed by atoms with van der Waals surface area (Å²) in [5, 5.41) is 2.95. The summed E-state index contributed by atoms with van der Waals surface area (Å²) in [5.41, 5.74) is 1.76. The van der Waals surface area contributed by atoms with E-state index in [1.165, 1.54) is 0 Å². The Morgan fingerprint density at radius 2 is 1.92 bits per heavy atom. The first kappa shape index (κ1) is 16.8. The third-order valence-electron chi connectivity index (χ3n) is 3.76. The SMILES string of the molecule is C[C@H](COc1ccccc1)NC(=O)c1ccc(Cn2ccnc2)cc1. The van der Waals surface area contributed by atoms with Crippen LogP contribution in [0.2, 0.25) is 0 Å². The highest BCUT2D eigenvalue weighted by Crippen LogP contribution is 2.09. The second-order valence-electron chi connectivity index (χ2n) is 5.93. The molecule has 128 valence electrons. The normalized spacial score (nSPS) is 11.7. The van der Waals surface area contributed by atoms with E-state index in [1.54, 1.807) is 12.5 Å². The molecule has 3 aromatic rings. The Morgan fingerprint density at radius 3 is 2.60 bits per heavy atom. The van der Waals surface area contributed by atoms with Gasteiger partial charge in [0.2, 0.25) is 0 Å². The van der Waals surface area contributed by atoms with Gasteiger partial charge in [-0.05, 0) is 36.8 Å². The highest BCUT2D eigenvalue weighted by molar-refractivity contribution is 5.94. The lowest BCUT2D eigenvalue weighted by Gasteiger charge is -2.15. The number of ether oxygens (including phenoxy) is 1. The summed E-state index contributed by atoms with van der Waals surface area (Å²) in [5.74, 6) is 0.700. The number of amides is 1. The summed E-state index contributed by atoms with van der Waals surface area (Å²) in [6, 6.07) is 17.1. The maximum Gasteiger partial charge on any atom is 0.251 e. The van der Waals surface area contributed by atoms with Gasteiger partial charge < -0.3 is 14.6 Å². The van der Waals surface area contributed by atoms with Gasteiger partial charge in [0.15, 0.2) is 0 Å². The van der Waals surface area contributed by atoms with E-state index in [1.807, 2.05) is 72.3 Å². The van der Waals surface area contributed by atoms with Crippen LogP contribution >= 0.6 is 0 Å². The number of para-hydroxylation sites is 1. The first-order valence-corrected chi connectivity index (χ1v) is 8.24. The van der Waals surface area contributed by atoms with E-state index in [0.717, 1.165) is 17.9 Å². The standard InChI is InChI=1S/C20H21N3O2/c1-16(14-25-19-5-3-2-4-6-19)22-20(24)18-9-7-17(8-10-18)13-23-12-11-21-15-23/h2-12,15-16H,13-14H2,1H3,(H,22,24)/t16-/m1/s1. The zero-order valence-corrected chi connectivity index (χ0v) is 14.1. The van der Waals surface area contributed by atoms with Gasteiger partial charge in [-0.2, -0.15) is 0 Å². The summed E-state index contributed by atoms with van der Waals surface area (Å²) < 4.78 is 7.64. The third kappa shape index (κ3) is 4.94. The molecule has 1 heterocycles. The lowest BCUT2D eigenvalue weighted by atomic mass is 10.1. The van der Waals surface area contributed by atoms with E-state index >= 15 is 0 Å². The number of imidazole rings is 1. The van der Waals surface area contributed by atoms with Crippen LogP contribution < -0.4 is 10.1 Å². The highest BCUT2D eigenvalue weighted by Gasteiger charge is 2.10. The number of nitrogens with zero attached hydrogens (tertiary/aromatic N) is 2. The molecule has 1 atom stereocenters. The molecule has 1 N–H and O–H groups in total. The summed E-state index contributed by atoms with van der Waals surface area (Å²) in [6.07, 6.45) is 5.44. The molecule has 5 heteroatoms. The number of rotatable bonds is 7. The first-order valence-electron chi connectivity index (χ1n) is 8.24. The van der Waals surface area contributed by atoms with Crippen LogP contribution in [0, 0.1) is 0 Å². The maximum absolute atomic E-state index is 12.3. The minimum Gasteiger partial charge on any atom is -0.491 e. The van der Waals surface area contributed by atoms with Crippen molar-refractivity contribution in [3.63, 3.8) is 0 Å². The van der Waals surface area contributed by atoms with E-state index in [9.17, 15) is 4.79 Å².